The molecule has 4 rings (SSSR count). The second-order valence-electron chi connectivity index (χ2n) is 7.27. The van der Waals surface area contributed by atoms with Gasteiger partial charge in [0.2, 0.25) is 17.5 Å². The van der Waals surface area contributed by atoms with Crippen molar-refractivity contribution in [2.75, 3.05) is 11.1 Å². The molecule has 0 saturated heterocycles. The zero-order valence-corrected chi connectivity index (χ0v) is 19.6. The fourth-order valence-corrected chi connectivity index (χ4v) is 3.97. The fourth-order valence-electron chi connectivity index (χ4n) is 3.06. The van der Waals surface area contributed by atoms with Crippen LogP contribution in [0.1, 0.15) is 35.6 Å². The summed E-state index contributed by atoms with van der Waals surface area (Å²) >= 11 is 1.48. The Morgan fingerprint density at radius 3 is 2.63 bits per heavy atom. The molecule has 178 valence electrons. The molecule has 0 saturated carbocycles. The normalized spacial score (nSPS) is 11.3. The van der Waals surface area contributed by atoms with Crippen LogP contribution in [-0.4, -0.2) is 42.8 Å². The van der Waals surface area contributed by atoms with Gasteiger partial charge in [-0.1, -0.05) is 35.5 Å². The van der Waals surface area contributed by atoms with Crippen LogP contribution in [0.5, 0.6) is 0 Å². The summed E-state index contributed by atoms with van der Waals surface area (Å²) in [5, 5.41) is 22.3. The van der Waals surface area contributed by atoms with Gasteiger partial charge in [0.1, 0.15) is 0 Å². The van der Waals surface area contributed by atoms with E-state index >= 15 is 0 Å². The van der Waals surface area contributed by atoms with Crippen LogP contribution in [0, 0.1) is 0 Å². The van der Waals surface area contributed by atoms with E-state index in [4.69, 9.17) is 5.73 Å². The van der Waals surface area contributed by atoms with Crippen LogP contribution < -0.4 is 16.5 Å². The molecule has 2 heterocycles. The van der Waals surface area contributed by atoms with Crippen molar-refractivity contribution in [3.8, 4) is 5.82 Å². The van der Waals surface area contributed by atoms with E-state index in [9.17, 15) is 9.59 Å². The molecular formula is C22H21N9O3S. The van der Waals surface area contributed by atoms with Crippen LogP contribution in [0.2, 0.25) is 0 Å². The number of carbonyl (C=O) groups is 2. The van der Waals surface area contributed by atoms with Crippen molar-refractivity contribution in [2.24, 2.45) is 5.10 Å². The number of thioether (sulfide) groups is 1. The first kappa shape index (κ1) is 23.6. The number of anilines is 2. The van der Waals surface area contributed by atoms with E-state index in [0.717, 1.165) is 10.5 Å². The largest absolute Gasteiger partial charge is 0.378 e. The SMILES string of the molecule is CC(=O)Nc1cccc(C(C)=NNC(=O)c2nnn(-c3nonc3N)c2CSc2ccccc2)c1. The van der Waals surface area contributed by atoms with Crippen molar-refractivity contribution in [1.82, 2.24) is 30.7 Å². The lowest BCUT2D eigenvalue weighted by atomic mass is 10.1. The molecular weight excluding hydrogens is 470 g/mol. The van der Waals surface area contributed by atoms with Crippen molar-refractivity contribution in [1.29, 1.82) is 0 Å². The highest BCUT2D eigenvalue weighted by molar-refractivity contribution is 7.98. The third-order valence-electron chi connectivity index (χ3n) is 4.72. The average Bonchev–Trinajstić information content (AvgIpc) is 3.47. The number of rotatable bonds is 8. The molecule has 2 amide bonds. The lowest BCUT2D eigenvalue weighted by molar-refractivity contribution is -0.114. The van der Waals surface area contributed by atoms with Crippen LogP contribution >= 0.6 is 11.8 Å². The maximum atomic E-state index is 13.0. The molecule has 35 heavy (non-hydrogen) atoms. The molecule has 0 atom stereocenters. The van der Waals surface area contributed by atoms with E-state index in [-0.39, 0.29) is 23.2 Å². The number of hydrogen-bond acceptors (Lipinski definition) is 10. The average molecular weight is 492 g/mol. The van der Waals surface area contributed by atoms with Gasteiger partial charge in [-0.25, -0.2) is 10.1 Å². The second kappa shape index (κ2) is 10.6. The summed E-state index contributed by atoms with van der Waals surface area (Å²) in [4.78, 5) is 25.3. The van der Waals surface area contributed by atoms with Gasteiger partial charge in [-0.05, 0) is 47.1 Å². The molecule has 0 spiro atoms. The maximum absolute atomic E-state index is 13.0. The van der Waals surface area contributed by atoms with E-state index < -0.39 is 5.91 Å². The van der Waals surface area contributed by atoms with Gasteiger partial charge in [0.15, 0.2) is 5.69 Å². The molecule has 0 aliphatic heterocycles. The Balaban J connectivity index is 1.57. The van der Waals surface area contributed by atoms with E-state index in [1.54, 1.807) is 25.1 Å². The number of nitrogens with two attached hydrogens (primary N) is 1. The predicted octanol–water partition coefficient (Wildman–Crippen LogP) is 2.64. The molecule has 0 aliphatic carbocycles. The second-order valence-corrected chi connectivity index (χ2v) is 8.32. The van der Waals surface area contributed by atoms with Crippen LogP contribution in [0.25, 0.3) is 5.82 Å². The van der Waals surface area contributed by atoms with Crippen LogP contribution in [-0.2, 0) is 10.5 Å². The predicted molar refractivity (Wildman–Crippen MR) is 130 cm³/mol. The van der Waals surface area contributed by atoms with Crippen molar-refractivity contribution < 1.29 is 14.2 Å². The van der Waals surface area contributed by atoms with Crippen molar-refractivity contribution in [3.05, 3.63) is 71.5 Å². The number of carbonyl (C=O) groups excluding carboxylic acids is 2. The molecule has 4 aromatic rings. The summed E-state index contributed by atoms with van der Waals surface area (Å²) in [6.45, 7) is 3.16. The maximum Gasteiger partial charge on any atom is 0.293 e. The van der Waals surface area contributed by atoms with E-state index in [1.807, 2.05) is 36.4 Å². The van der Waals surface area contributed by atoms with Crippen LogP contribution in [0.4, 0.5) is 11.5 Å². The van der Waals surface area contributed by atoms with E-state index in [2.05, 4.69) is 41.1 Å². The molecule has 4 N–H and O–H groups in total. The standard InChI is InChI=1S/C22H21N9O3S/c1-13(15-7-6-8-16(11-15)24-14(2)32)25-27-22(33)19-18(12-35-17-9-4-3-5-10-17)31(30-26-19)21-20(23)28-34-29-21/h3-11H,12H2,1-2H3,(H2,23,28)(H,24,32)(H,27,33). The number of nitrogens with zero attached hydrogens (tertiary/aromatic N) is 6. The third kappa shape index (κ3) is 5.70. The lowest BCUT2D eigenvalue weighted by Crippen LogP contribution is -2.21. The Morgan fingerprint density at radius 2 is 1.91 bits per heavy atom. The number of aromatic nitrogens is 5. The molecule has 2 aromatic heterocycles. The topological polar surface area (TPSA) is 166 Å². The number of amides is 2. The molecule has 12 nitrogen and oxygen atoms in total. The highest BCUT2D eigenvalue weighted by Gasteiger charge is 2.24. The summed E-state index contributed by atoms with van der Waals surface area (Å²) in [6.07, 6.45) is 0. The number of hydrogen-bond donors (Lipinski definition) is 3. The summed E-state index contributed by atoms with van der Waals surface area (Å²) < 4.78 is 6.00. The van der Waals surface area contributed by atoms with Gasteiger partial charge in [-0.15, -0.1) is 16.9 Å². The Kier molecular flexibility index (Phi) is 7.16. The van der Waals surface area contributed by atoms with E-state index in [0.29, 0.717) is 22.8 Å². The molecule has 0 unspecified atom stereocenters. The quantitative estimate of drug-likeness (QED) is 0.191. The van der Waals surface area contributed by atoms with Gasteiger partial charge in [-0.3, -0.25) is 9.59 Å². The number of nitrogen functional groups attached to an aromatic ring is 1. The fraction of sp³-hybridized carbons (Fsp3) is 0.136. The number of nitrogens with one attached hydrogen (secondary N) is 2. The zero-order valence-electron chi connectivity index (χ0n) is 18.8. The Morgan fingerprint density at radius 1 is 1.11 bits per heavy atom. The minimum absolute atomic E-state index is 0.0146. The van der Waals surface area contributed by atoms with Gasteiger partial charge in [0, 0.05) is 23.3 Å². The Bertz CT molecular complexity index is 1380. The van der Waals surface area contributed by atoms with Gasteiger partial charge >= 0.3 is 0 Å². The van der Waals surface area contributed by atoms with Gasteiger partial charge in [0.25, 0.3) is 5.91 Å². The first-order valence-electron chi connectivity index (χ1n) is 10.4. The molecule has 0 fully saturated rings. The minimum atomic E-state index is -0.563. The summed E-state index contributed by atoms with van der Waals surface area (Å²) in [6, 6.07) is 16.8. The molecule has 0 aliphatic rings. The van der Waals surface area contributed by atoms with Gasteiger partial charge < -0.3 is 11.1 Å². The summed E-state index contributed by atoms with van der Waals surface area (Å²) in [7, 11) is 0. The molecule has 0 bridgehead atoms. The van der Waals surface area contributed by atoms with Crippen molar-refractivity contribution in [2.45, 2.75) is 24.5 Å². The molecule has 0 radical (unpaired) electrons. The minimum Gasteiger partial charge on any atom is -0.378 e. The number of benzene rings is 2. The first-order valence-corrected chi connectivity index (χ1v) is 11.3. The highest BCUT2D eigenvalue weighted by atomic mass is 32.2. The first-order chi connectivity index (χ1) is 16.9. The smallest absolute Gasteiger partial charge is 0.293 e. The van der Waals surface area contributed by atoms with Gasteiger partial charge in [0.05, 0.1) is 11.4 Å². The Labute approximate surface area is 203 Å². The van der Waals surface area contributed by atoms with Crippen molar-refractivity contribution in [3.63, 3.8) is 0 Å². The zero-order chi connectivity index (χ0) is 24.8. The Hall–Kier alpha value is -4.52. The van der Waals surface area contributed by atoms with Gasteiger partial charge in [-0.2, -0.15) is 9.78 Å². The third-order valence-corrected chi connectivity index (χ3v) is 5.74. The summed E-state index contributed by atoms with van der Waals surface area (Å²) in [5.41, 5.74) is 10.7. The van der Waals surface area contributed by atoms with E-state index in [1.165, 1.54) is 23.4 Å². The highest BCUT2D eigenvalue weighted by Crippen LogP contribution is 2.25. The molecule has 13 heteroatoms. The van der Waals surface area contributed by atoms with Crippen LogP contribution in [0.3, 0.4) is 0 Å². The monoisotopic (exact) mass is 491 g/mol. The molecule has 2 aromatic carbocycles. The summed E-state index contributed by atoms with van der Waals surface area (Å²) in [5.74, 6) is -0.257. The van der Waals surface area contributed by atoms with Crippen LogP contribution in [0.15, 0.2) is 69.2 Å². The van der Waals surface area contributed by atoms with Crippen molar-refractivity contribution >= 4 is 40.8 Å². The number of hydrazone groups is 1. The lowest BCUT2D eigenvalue weighted by Gasteiger charge is -2.07.